The zero-order valence-electron chi connectivity index (χ0n) is 12.4. The van der Waals surface area contributed by atoms with E-state index in [4.69, 9.17) is 0 Å². The quantitative estimate of drug-likeness (QED) is 0.370. The highest BCUT2D eigenvalue weighted by atomic mass is 16.4. The molecule has 0 fully saturated rings. The van der Waals surface area contributed by atoms with Crippen molar-refractivity contribution in [1.82, 2.24) is 9.97 Å². The van der Waals surface area contributed by atoms with Crippen molar-refractivity contribution in [3.63, 3.8) is 0 Å². The molecule has 0 spiro atoms. The number of benzene rings is 3. The van der Waals surface area contributed by atoms with Crippen LogP contribution in [0.4, 0.5) is 0 Å². The van der Waals surface area contributed by atoms with Crippen molar-refractivity contribution in [2.75, 3.05) is 0 Å². The molecule has 0 atom stereocenters. The first-order valence-electron chi connectivity index (χ1n) is 7.54. The molecular weight excluding hydrogens is 304 g/mol. The molecule has 2 heterocycles. The largest absolute Gasteiger partial charge is 0.508 e. The highest BCUT2D eigenvalue weighted by molar-refractivity contribution is 6.26. The third-order valence-electron chi connectivity index (χ3n) is 4.56. The van der Waals surface area contributed by atoms with Gasteiger partial charge in [-0.05, 0) is 30.3 Å². The molecule has 0 saturated heterocycles. The maximum Gasteiger partial charge on any atom is 0.338 e. The number of carbonyl (C=O) groups is 1. The highest BCUT2D eigenvalue weighted by Crippen LogP contribution is 2.37. The van der Waals surface area contributed by atoms with E-state index in [0.29, 0.717) is 10.9 Å². The second-order valence-electron chi connectivity index (χ2n) is 5.93. The summed E-state index contributed by atoms with van der Waals surface area (Å²) in [4.78, 5) is 18.5. The smallest absolute Gasteiger partial charge is 0.338 e. The summed E-state index contributed by atoms with van der Waals surface area (Å²) in [5.41, 5.74) is 3.28. The van der Waals surface area contributed by atoms with E-state index < -0.39 is 5.97 Å². The van der Waals surface area contributed by atoms with Crippen LogP contribution < -0.4 is 0 Å². The van der Waals surface area contributed by atoms with Crippen molar-refractivity contribution < 1.29 is 15.0 Å². The maximum atomic E-state index is 12.0. The second kappa shape index (κ2) is 4.29. The van der Waals surface area contributed by atoms with Gasteiger partial charge in [0.25, 0.3) is 0 Å². The van der Waals surface area contributed by atoms with Gasteiger partial charge in [0.05, 0.1) is 11.1 Å². The molecule has 3 aromatic carbocycles. The topological polar surface area (TPSA) is 89.1 Å². The monoisotopic (exact) mass is 316 g/mol. The molecule has 0 aliphatic rings. The van der Waals surface area contributed by atoms with E-state index in [9.17, 15) is 15.0 Å². The van der Waals surface area contributed by atoms with E-state index in [0.717, 1.165) is 32.7 Å². The molecule has 4 N–H and O–H groups in total. The predicted octanol–water partition coefficient (Wildman–Crippen LogP) is 4.36. The van der Waals surface area contributed by atoms with Gasteiger partial charge in [-0.15, -0.1) is 0 Å². The van der Waals surface area contributed by atoms with Crippen molar-refractivity contribution in [2.45, 2.75) is 0 Å². The van der Waals surface area contributed by atoms with Gasteiger partial charge in [0.15, 0.2) is 0 Å². The lowest BCUT2D eigenvalue weighted by Gasteiger charge is -2.02. The molecule has 5 aromatic rings. The normalized spacial score (nSPS) is 11.8. The number of aromatic nitrogens is 2. The van der Waals surface area contributed by atoms with E-state index in [-0.39, 0.29) is 11.3 Å². The van der Waals surface area contributed by atoms with Crippen LogP contribution in [0.5, 0.6) is 5.75 Å². The molecule has 24 heavy (non-hydrogen) atoms. The molecule has 0 aliphatic carbocycles. The van der Waals surface area contributed by atoms with Crippen LogP contribution >= 0.6 is 0 Å². The first-order valence-corrected chi connectivity index (χ1v) is 7.54. The van der Waals surface area contributed by atoms with E-state index in [1.807, 2.05) is 30.3 Å². The first-order chi connectivity index (χ1) is 11.6. The number of aromatic hydroxyl groups is 1. The maximum absolute atomic E-state index is 12.0. The summed E-state index contributed by atoms with van der Waals surface area (Å²) in [6, 6.07) is 14.6. The lowest BCUT2D eigenvalue weighted by Crippen LogP contribution is -1.98. The highest BCUT2D eigenvalue weighted by Gasteiger charge is 2.20. The molecule has 5 nitrogen and oxygen atoms in total. The van der Waals surface area contributed by atoms with Crippen molar-refractivity contribution in [3.8, 4) is 5.75 Å². The molecule has 0 unspecified atom stereocenters. The number of carboxylic acid groups (broad SMARTS) is 1. The number of rotatable bonds is 1. The zero-order valence-corrected chi connectivity index (χ0v) is 12.4. The molecule has 0 amide bonds. The lowest BCUT2D eigenvalue weighted by atomic mass is 10.0. The van der Waals surface area contributed by atoms with Crippen LogP contribution in [0.15, 0.2) is 48.5 Å². The summed E-state index contributed by atoms with van der Waals surface area (Å²) in [7, 11) is 0. The second-order valence-corrected chi connectivity index (χ2v) is 5.93. The van der Waals surface area contributed by atoms with Crippen LogP contribution in [0.3, 0.4) is 0 Å². The van der Waals surface area contributed by atoms with Crippen molar-refractivity contribution in [2.24, 2.45) is 0 Å². The molecule has 0 aliphatic heterocycles. The fourth-order valence-electron chi connectivity index (χ4n) is 3.57. The summed E-state index contributed by atoms with van der Waals surface area (Å²) in [5.74, 6) is -0.830. The third kappa shape index (κ3) is 1.55. The van der Waals surface area contributed by atoms with E-state index >= 15 is 0 Å². The molecular formula is C19H12N2O3. The third-order valence-corrected chi connectivity index (χ3v) is 4.56. The average molecular weight is 316 g/mol. The number of aromatic amines is 2. The van der Waals surface area contributed by atoms with Crippen molar-refractivity contribution >= 4 is 49.6 Å². The number of aromatic carboxylic acids is 1. The SMILES string of the molecule is O=C(O)c1c2[nH]c3ccc(O)cc3c2cc2[nH]c3ccccc3c12. The zero-order chi connectivity index (χ0) is 16.4. The Bertz CT molecular complexity index is 1290. The number of nitrogens with one attached hydrogen (secondary N) is 2. The summed E-state index contributed by atoms with van der Waals surface area (Å²) in [6.07, 6.45) is 0. The molecule has 0 saturated carbocycles. The molecule has 0 bridgehead atoms. The van der Waals surface area contributed by atoms with Gasteiger partial charge in [0, 0.05) is 38.1 Å². The van der Waals surface area contributed by atoms with Gasteiger partial charge in [-0.2, -0.15) is 0 Å². The number of para-hydroxylation sites is 1. The lowest BCUT2D eigenvalue weighted by molar-refractivity contribution is 0.0701. The van der Waals surface area contributed by atoms with Gasteiger partial charge >= 0.3 is 5.97 Å². The fourth-order valence-corrected chi connectivity index (χ4v) is 3.57. The minimum Gasteiger partial charge on any atom is -0.508 e. The molecule has 5 rings (SSSR count). The number of hydrogen-bond donors (Lipinski definition) is 4. The Kier molecular flexibility index (Phi) is 2.33. The Morgan fingerprint density at radius 2 is 1.62 bits per heavy atom. The van der Waals surface area contributed by atoms with E-state index in [1.54, 1.807) is 18.2 Å². The standard InChI is InChI=1S/C19H12N2O3/c22-9-5-6-14-11(7-9)12-8-15-16(17(19(23)24)18(12)21-14)10-3-1-2-4-13(10)20-15/h1-8,20-22H,(H,23,24). The van der Waals surface area contributed by atoms with Crippen molar-refractivity contribution in [3.05, 3.63) is 54.1 Å². The summed E-state index contributed by atoms with van der Waals surface area (Å²) in [6.45, 7) is 0. The van der Waals surface area contributed by atoms with Crippen LogP contribution in [0, 0.1) is 0 Å². The number of phenols is 1. The molecule has 2 aromatic heterocycles. The van der Waals surface area contributed by atoms with E-state index in [1.165, 1.54) is 0 Å². The van der Waals surface area contributed by atoms with Crippen LogP contribution in [0.2, 0.25) is 0 Å². The number of H-pyrrole nitrogens is 2. The minimum atomic E-state index is -0.980. The molecule has 116 valence electrons. The Balaban J connectivity index is 2.11. The van der Waals surface area contributed by atoms with Gasteiger partial charge in [0.2, 0.25) is 0 Å². The molecule has 0 radical (unpaired) electrons. The van der Waals surface area contributed by atoms with Gasteiger partial charge in [0.1, 0.15) is 5.75 Å². The van der Waals surface area contributed by atoms with Crippen molar-refractivity contribution in [1.29, 1.82) is 0 Å². The van der Waals surface area contributed by atoms with Gasteiger partial charge in [-0.3, -0.25) is 0 Å². The Hall–Kier alpha value is -3.47. The number of phenolic OH excluding ortho intramolecular Hbond substituents is 1. The number of fused-ring (bicyclic) bond motifs is 6. The van der Waals surface area contributed by atoms with Gasteiger partial charge in [-0.1, -0.05) is 18.2 Å². The summed E-state index contributed by atoms with van der Waals surface area (Å²) in [5, 5.41) is 22.8. The predicted molar refractivity (Wildman–Crippen MR) is 93.8 cm³/mol. The Morgan fingerprint density at radius 1 is 0.833 bits per heavy atom. The van der Waals surface area contributed by atoms with Gasteiger partial charge < -0.3 is 20.2 Å². The summed E-state index contributed by atoms with van der Waals surface area (Å²) < 4.78 is 0. The Labute approximate surface area is 135 Å². The molecule has 5 heteroatoms. The minimum absolute atomic E-state index is 0.150. The summed E-state index contributed by atoms with van der Waals surface area (Å²) >= 11 is 0. The number of carboxylic acids is 1. The van der Waals surface area contributed by atoms with Gasteiger partial charge in [-0.25, -0.2) is 4.79 Å². The Morgan fingerprint density at radius 3 is 2.46 bits per heavy atom. The van der Waals surface area contributed by atoms with Crippen LogP contribution in [-0.4, -0.2) is 26.2 Å². The fraction of sp³-hybridized carbons (Fsp3) is 0. The van der Waals surface area contributed by atoms with Crippen LogP contribution in [0.25, 0.3) is 43.6 Å². The first kappa shape index (κ1) is 13.0. The van der Waals surface area contributed by atoms with E-state index in [2.05, 4.69) is 9.97 Å². The van der Waals surface area contributed by atoms with Crippen LogP contribution in [0.1, 0.15) is 10.4 Å². The van der Waals surface area contributed by atoms with Crippen LogP contribution in [-0.2, 0) is 0 Å². The average Bonchev–Trinajstić information content (AvgIpc) is 3.10. The number of hydrogen-bond acceptors (Lipinski definition) is 2.